The van der Waals surface area contributed by atoms with Crippen LogP contribution in [0.15, 0.2) is 36.5 Å². The highest BCUT2D eigenvalue weighted by molar-refractivity contribution is 7.85. The molecule has 0 amide bonds. The molecule has 0 aliphatic carbocycles. The smallest absolute Gasteiger partial charge is 0.229 e. The molecule has 0 bridgehead atoms. The van der Waals surface area contributed by atoms with Gasteiger partial charge in [0, 0.05) is 44.2 Å². The van der Waals surface area contributed by atoms with Crippen LogP contribution in [-0.4, -0.2) is 79.8 Å². The van der Waals surface area contributed by atoms with Gasteiger partial charge in [0.15, 0.2) is 5.82 Å². The molecule has 1 unspecified atom stereocenters. The lowest BCUT2D eigenvalue weighted by Gasteiger charge is -2.37. The zero-order chi connectivity index (χ0) is 30.4. The van der Waals surface area contributed by atoms with E-state index in [4.69, 9.17) is 21.1 Å². The Kier molecular flexibility index (Phi) is 10.7. The molecule has 42 heavy (non-hydrogen) atoms. The maximum atomic E-state index is 12.3. The summed E-state index contributed by atoms with van der Waals surface area (Å²) in [4.78, 5) is 13.9. The first-order valence-corrected chi connectivity index (χ1v) is 16.0. The lowest BCUT2D eigenvalue weighted by Crippen LogP contribution is -2.42. The third-order valence-corrected chi connectivity index (χ3v) is 8.85. The number of methoxy groups -OCH3 is 2. The van der Waals surface area contributed by atoms with Gasteiger partial charge in [0.1, 0.15) is 33.2 Å². The third-order valence-electron chi connectivity index (χ3n) is 7.62. The molecule has 1 atom stereocenters. The van der Waals surface area contributed by atoms with E-state index in [1.807, 2.05) is 18.2 Å². The van der Waals surface area contributed by atoms with Crippen molar-refractivity contribution in [1.29, 1.82) is 0 Å². The van der Waals surface area contributed by atoms with E-state index in [1.165, 1.54) is 11.3 Å². The fourth-order valence-corrected chi connectivity index (χ4v) is 5.86. The molecule has 12 heteroatoms. The number of ether oxygens (including phenoxy) is 2. The minimum absolute atomic E-state index is 0.338. The Bertz CT molecular complexity index is 1400. The number of benzene rings is 2. The topological polar surface area (TPSA) is 95.1 Å². The maximum Gasteiger partial charge on any atom is 0.229 e. The van der Waals surface area contributed by atoms with Gasteiger partial charge in [0.25, 0.3) is 0 Å². The number of aromatic nitrogens is 2. The Morgan fingerprint density at radius 2 is 1.79 bits per heavy atom. The summed E-state index contributed by atoms with van der Waals surface area (Å²) in [6.45, 7) is 4.22. The largest absolute Gasteiger partial charge is 0.494 e. The van der Waals surface area contributed by atoms with Crippen molar-refractivity contribution in [2.75, 3.05) is 74.5 Å². The molecule has 2 N–H and O–H groups in total. The van der Waals surface area contributed by atoms with Crippen LogP contribution in [0.5, 0.6) is 11.5 Å². The molecule has 1 aliphatic rings. The van der Waals surface area contributed by atoms with Gasteiger partial charge in [-0.1, -0.05) is 31.0 Å². The fourth-order valence-electron chi connectivity index (χ4n) is 5.27. The number of anilines is 6. The highest BCUT2D eigenvalue weighted by Crippen LogP contribution is 2.40. The second kappa shape index (κ2) is 14.3. The SMILES string of the molecule is CCCc1cc(Nc2ncc(Cl)c(Nc3cccc(OC)c3N(C)S(C)=O)n2)c(OC)cc1N1CCC(N(C)C)CC1. The molecule has 1 aromatic heterocycles. The van der Waals surface area contributed by atoms with Crippen molar-refractivity contribution in [2.45, 2.75) is 38.6 Å². The molecule has 0 saturated carbocycles. The van der Waals surface area contributed by atoms with Crippen LogP contribution in [0, 0.1) is 0 Å². The first kappa shape index (κ1) is 31.7. The number of rotatable bonds is 12. The van der Waals surface area contributed by atoms with Crippen LogP contribution in [0.1, 0.15) is 31.7 Å². The Morgan fingerprint density at radius 3 is 2.40 bits per heavy atom. The van der Waals surface area contributed by atoms with E-state index in [0.717, 1.165) is 50.2 Å². The van der Waals surface area contributed by atoms with Gasteiger partial charge in [-0.25, -0.2) is 9.19 Å². The molecule has 4 rings (SSSR count). The third kappa shape index (κ3) is 7.19. The van der Waals surface area contributed by atoms with E-state index < -0.39 is 11.0 Å². The number of hydrogen-bond donors (Lipinski definition) is 2. The van der Waals surface area contributed by atoms with Crippen LogP contribution in [0.3, 0.4) is 0 Å². The number of nitrogens with one attached hydrogen (secondary N) is 2. The summed E-state index contributed by atoms with van der Waals surface area (Å²) >= 11 is 6.53. The van der Waals surface area contributed by atoms with Gasteiger partial charge in [0.2, 0.25) is 5.95 Å². The molecule has 0 spiro atoms. The zero-order valence-corrected chi connectivity index (χ0v) is 27.1. The summed E-state index contributed by atoms with van der Waals surface area (Å²) in [6, 6.07) is 10.4. The van der Waals surface area contributed by atoms with Crippen LogP contribution in [-0.2, 0) is 17.4 Å². The Morgan fingerprint density at radius 1 is 1.07 bits per heavy atom. The number of halogens is 1. The van der Waals surface area contributed by atoms with Crippen LogP contribution in [0.4, 0.5) is 34.5 Å². The summed E-state index contributed by atoms with van der Waals surface area (Å²) in [5.41, 5.74) is 4.53. The van der Waals surface area contributed by atoms with Crippen molar-refractivity contribution in [3.05, 3.63) is 47.1 Å². The first-order chi connectivity index (χ1) is 20.2. The van der Waals surface area contributed by atoms with Gasteiger partial charge in [0.05, 0.1) is 31.8 Å². The van der Waals surface area contributed by atoms with Crippen molar-refractivity contribution >= 4 is 57.1 Å². The van der Waals surface area contributed by atoms with Crippen molar-refractivity contribution < 1.29 is 13.7 Å². The van der Waals surface area contributed by atoms with Crippen LogP contribution in [0.2, 0.25) is 5.02 Å². The normalized spacial score (nSPS) is 14.5. The molecule has 228 valence electrons. The molecular weight excluding hydrogens is 574 g/mol. The van der Waals surface area contributed by atoms with Crippen LogP contribution >= 0.6 is 11.6 Å². The highest BCUT2D eigenvalue weighted by Gasteiger charge is 2.24. The number of piperidine rings is 1. The van der Waals surface area contributed by atoms with Gasteiger partial charge in [-0.3, -0.25) is 4.31 Å². The second-order valence-electron chi connectivity index (χ2n) is 10.5. The summed E-state index contributed by atoms with van der Waals surface area (Å²) < 4.78 is 25.3. The molecule has 0 radical (unpaired) electrons. The lowest BCUT2D eigenvalue weighted by molar-refractivity contribution is 0.249. The fraction of sp³-hybridized carbons (Fsp3) is 0.467. The van der Waals surface area contributed by atoms with Crippen molar-refractivity contribution in [1.82, 2.24) is 14.9 Å². The number of hydrogen-bond acceptors (Lipinski definition) is 9. The molecule has 1 fully saturated rings. The molecule has 2 heterocycles. The van der Waals surface area contributed by atoms with E-state index >= 15 is 0 Å². The van der Waals surface area contributed by atoms with Gasteiger partial charge >= 0.3 is 0 Å². The summed E-state index contributed by atoms with van der Waals surface area (Å²) in [6.07, 6.45) is 7.39. The molecule has 1 saturated heterocycles. The average molecular weight is 616 g/mol. The second-order valence-corrected chi connectivity index (χ2v) is 12.3. The first-order valence-electron chi connectivity index (χ1n) is 14.1. The summed E-state index contributed by atoms with van der Waals surface area (Å²) in [7, 11) is 8.03. The quantitative estimate of drug-likeness (QED) is 0.260. The van der Waals surface area contributed by atoms with E-state index in [2.05, 4.69) is 63.6 Å². The highest BCUT2D eigenvalue weighted by atomic mass is 35.5. The summed E-state index contributed by atoms with van der Waals surface area (Å²) in [5.74, 6) is 2.04. The number of aryl methyl sites for hydroxylation is 1. The molecule has 1 aliphatic heterocycles. The minimum atomic E-state index is -1.28. The Balaban J connectivity index is 1.64. The van der Waals surface area contributed by atoms with Crippen molar-refractivity contribution in [3.63, 3.8) is 0 Å². The lowest BCUT2D eigenvalue weighted by atomic mass is 10.00. The van der Waals surface area contributed by atoms with Crippen LogP contribution in [0.25, 0.3) is 0 Å². The maximum absolute atomic E-state index is 12.3. The van der Waals surface area contributed by atoms with E-state index in [9.17, 15) is 4.21 Å². The molecule has 2 aromatic carbocycles. The van der Waals surface area contributed by atoms with Gasteiger partial charge in [-0.05, 0) is 57.1 Å². The monoisotopic (exact) mass is 615 g/mol. The van der Waals surface area contributed by atoms with E-state index in [-0.39, 0.29) is 0 Å². The molecular formula is C30H42ClN7O3S. The van der Waals surface area contributed by atoms with Gasteiger partial charge in [-0.15, -0.1) is 0 Å². The number of nitrogens with zero attached hydrogens (tertiary/aromatic N) is 5. The Labute approximate surface area is 257 Å². The zero-order valence-electron chi connectivity index (χ0n) is 25.5. The molecule has 10 nitrogen and oxygen atoms in total. The Hall–Kier alpha value is -3.28. The van der Waals surface area contributed by atoms with Crippen molar-refractivity contribution in [2.24, 2.45) is 0 Å². The molecule has 3 aromatic rings. The minimum Gasteiger partial charge on any atom is -0.494 e. The predicted molar refractivity (Wildman–Crippen MR) is 175 cm³/mol. The summed E-state index contributed by atoms with van der Waals surface area (Å²) in [5, 5.41) is 6.97. The van der Waals surface area contributed by atoms with Gasteiger partial charge < -0.3 is 29.9 Å². The van der Waals surface area contributed by atoms with E-state index in [0.29, 0.717) is 40.0 Å². The average Bonchev–Trinajstić information content (AvgIpc) is 2.98. The van der Waals surface area contributed by atoms with Gasteiger partial charge in [-0.2, -0.15) is 4.98 Å². The van der Waals surface area contributed by atoms with Crippen LogP contribution < -0.4 is 29.3 Å². The van der Waals surface area contributed by atoms with Crippen molar-refractivity contribution in [3.8, 4) is 11.5 Å². The van der Waals surface area contributed by atoms with E-state index in [1.54, 1.807) is 38.0 Å². The predicted octanol–water partition coefficient (Wildman–Crippen LogP) is 5.85. The standard InChI is InChI=1S/C30H42ClN7O3S/c1-8-10-20-17-24(27(41-6)18-25(20)38-15-13-21(14-16-38)36(2)3)34-30-32-19-22(31)29(35-30)33-23-11-9-12-26(40-5)28(23)37(4)42(7)39/h9,11-12,17-19,21H,8,10,13-16H2,1-7H3,(H2,32,33,34,35). The number of para-hydroxylation sites is 1.